The lowest BCUT2D eigenvalue weighted by Crippen LogP contribution is -2.75. The Labute approximate surface area is 250 Å². The van der Waals surface area contributed by atoms with Crippen molar-refractivity contribution in [1.29, 1.82) is 0 Å². The van der Waals surface area contributed by atoms with Crippen molar-refractivity contribution < 1.29 is 84.2 Å². The molecular formula is C26H15F17N2O2. The van der Waals surface area contributed by atoms with E-state index in [1.807, 2.05) is 6.07 Å². The average molecular weight is 710 g/mol. The van der Waals surface area contributed by atoms with Crippen LogP contribution in [-0.2, 0) is 23.2 Å². The van der Waals surface area contributed by atoms with Gasteiger partial charge in [0.2, 0.25) is 0 Å². The van der Waals surface area contributed by atoms with Crippen molar-refractivity contribution in [2.75, 3.05) is 0 Å². The van der Waals surface area contributed by atoms with E-state index in [4.69, 9.17) is 4.74 Å². The average Bonchev–Trinajstić information content (AvgIpc) is 3.79. The highest BCUT2D eigenvalue weighted by Crippen LogP contribution is 2.67. The molecule has 47 heavy (non-hydrogen) atoms. The van der Waals surface area contributed by atoms with Gasteiger partial charge in [0.05, 0.1) is 5.56 Å². The van der Waals surface area contributed by atoms with Crippen molar-refractivity contribution in [1.82, 2.24) is 0 Å². The first-order chi connectivity index (χ1) is 21.1. The molecule has 260 valence electrons. The highest BCUT2D eigenvalue weighted by molar-refractivity contribution is 5.89. The van der Waals surface area contributed by atoms with Crippen molar-refractivity contribution in [2.24, 2.45) is 10.2 Å². The van der Waals surface area contributed by atoms with E-state index in [2.05, 4.69) is 10.2 Å². The number of halogens is 17. The van der Waals surface area contributed by atoms with Crippen LogP contribution >= 0.6 is 0 Å². The molecule has 1 atom stereocenters. The number of ether oxygens (including phenoxy) is 1. The van der Waals surface area contributed by atoms with Crippen LogP contribution in [0.1, 0.15) is 33.5 Å². The van der Waals surface area contributed by atoms with E-state index in [-0.39, 0.29) is 6.42 Å². The number of aryl methyl sites for hydroxylation is 1. The van der Waals surface area contributed by atoms with E-state index < -0.39 is 76.5 Å². The Morgan fingerprint density at radius 3 is 1.53 bits per heavy atom. The molecule has 0 fully saturated rings. The number of hydrogen-bond acceptors (Lipinski definition) is 4. The van der Waals surface area contributed by atoms with Crippen molar-refractivity contribution in [3.8, 4) is 0 Å². The Balaban J connectivity index is 1.60. The summed E-state index contributed by atoms with van der Waals surface area (Å²) >= 11 is 0. The standard InChI is InChI=1S/C26H15F17N2O2/c27-19(28,20(29,30)21(31,32)22(33,34)23(35,36)24(37,38)25(39,40)26(41,42)43)18(44-45-18)15-8-5-13(6-9-15)17(46)47-16-10-7-12-3-1-2-4-14(12)11-16/h1-6,8-9,16H,7,10-11H2. The van der Waals surface area contributed by atoms with E-state index in [1.165, 1.54) is 0 Å². The highest BCUT2D eigenvalue weighted by atomic mass is 19.4. The third-order valence-electron chi connectivity index (χ3n) is 7.56. The van der Waals surface area contributed by atoms with Gasteiger partial charge in [-0.3, -0.25) is 0 Å². The van der Waals surface area contributed by atoms with Crippen molar-refractivity contribution in [2.45, 2.75) is 78.7 Å². The Morgan fingerprint density at radius 1 is 0.617 bits per heavy atom. The molecule has 4 rings (SSSR count). The summed E-state index contributed by atoms with van der Waals surface area (Å²) in [6, 6.07) is 8.85. The van der Waals surface area contributed by atoms with Crippen LogP contribution in [0.3, 0.4) is 0 Å². The Kier molecular flexibility index (Phi) is 8.20. The second-order valence-electron chi connectivity index (χ2n) is 10.5. The molecule has 0 saturated heterocycles. The van der Waals surface area contributed by atoms with E-state index >= 15 is 0 Å². The molecule has 1 unspecified atom stereocenters. The maximum atomic E-state index is 14.9. The maximum Gasteiger partial charge on any atom is 0.460 e. The third-order valence-corrected chi connectivity index (χ3v) is 7.56. The number of rotatable bonds is 10. The fourth-order valence-corrected chi connectivity index (χ4v) is 4.68. The molecule has 0 aromatic heterocycles. The van der Waals surface area contributed by atoms with Gasteiger partial charge in [0.1, 0.15) is 6.10 Å². The number of benzene rings is 2. The van der Waals surface area contributed by atoms with Crippen molar-refractivity contribution in [3.63, 3.8) is 0 Å². The molecule has 0 spiro atoms. The van der Waals surface area contributed by atoms with Crippen LogP contribution in [0.15, 0.2) is 58.8 Å². The summed E-state index contributed by atoms with van der Waals surface area (Å²) in [6.45, 7) is 0. The molecule has 0 N–H and O–H groups in total. The monoisotopic (exact) mass is 710 g/mol. The summed E-state index contributed by atoms with van der Waals surface area (Å²) < 4.78 is 238. The topological polar surface area (TPSA) is 51.0 Å². The first-order valence-electron chi connectivity index (χ1n) is 12.7. The fraction of sp³-hybridized carbons (Fsp3) is 0.500. The number of alkyl halides is 17. The summed E-state index contributed by atoms with van der Waals surface area (Å²) in [6.07, 6.45) is -7.42. The molecule has 4 nitrogen and oxygen atoms in total. The Morgan fingerprint density at radius 2 is 1.06 bits per heavy atom. The minimum Gasteiger partial charge on any atom is -0.458 e. The Bertz CT molecular complexity index is 1550. The van der Waals surface area contributed by atoms with Crippen LogP contribution in [0.25, 0.3) is 0 Å². The molecule has 1 aliphatic carbocycles. The largest absolute Gasteiger partial charge is 0.460 e. The van der Waals surface area contributed by atoms with Crippen LogP contribution in [0.2, 0.25) is 0 Å². The second-order valence-corrected chi connectivity index (χ2v) is 10.5. The minimum absolute atomic E-state index is 0.264. The molecule has 0 amide bonds. The zero-order valence-corrected chi connectivity index (χ0v) is 22.5. The number of carbonyl (C=O) groups is 1. The summed E-state index contributed by atoms with van der Waals surface area (Å²) in [7, 11) is 0. The van der Waals surface area contributed by atoms with E-state index in [0.29, 0.717) is 37.1 Å². The van der Waals surface area contributed by atoms with Crippen LogP contribution < -0.4 is 0 Å². The quantitative estimate of drug-likeness (QED) is 0.183. The highest BCUT2D eigenvalue weighted by Gasteiger charge is 2.97. The van der Waals surface area contributed by atoms with Gasteiger partial charge in [0, 0.05) is 12.0 Å². The molecule has 2 aliphatic rings. The van der Waals surface area contributed by atoms with Crippen LogP contribution in [0, 0.1) is 0 Å². The summed E-state index contributed by atoms with van der Waals surface area (Å²) in [4.78, 5) is 12.5. The van der Waals surface area contributed by atoms with Gasteiger partial charge in [-0.1, -0.05) is 36.4 Å². The summed E-state index contributed by atoms with van der Waals surface area (Å²) in [5.41, 5.74) is -4.37. The van der Waals surface area contributed by atoms with Crippen LogP contribution in [-0.4, -0.2) is 59.7 Å². The lowest BCUT2D eigenvalue weighted by atomic mass is 9.84. The van der Waals surface area contributed by atoms with Gasteiger partial charge in [0.15, 0.2) is 0 Å². The van der Waals surface area contributed by atoms with Gasteiger partial charge in [-0.05, 0) is 36.1 Å². The predicted molar refractivity (Wildman–Crippen MR) is 121 cm³/mol. The smallest absolute Gasteiger partial charge is 0.458 e. The molecule has 0 radical (unpaired) electrons. The van der Waals surface area contributed by atoms with Crippen LogP contribution in [0.5, 0.6) is 0 Å². The van der Waals surface area contributed by atoms with E-state index in [0.717, 1.165) is 11.1 Å². The third kappa shape index (κ3) is 5.00. The van der Waals surface area contributed by atoms with Gasteiger partial charge in [-0.2, -0.15) is 74.6 Å². The zero-order valence-electron chi connectivity index (χ0n) is 22.5. The normalized spacial score (nSPS) is 19.3. The number of nitrogens with zero attached hydrogens (tertiary/aromatic N) is 2. The molecule has 1 aliphatic heterocycles. The second kappa shape index (κ2) is 10.7. The minimum atomic E-state index is -8.74. The summed E-state index contributed by atoms with van der Waals surface area (Å²) in [5.74, 6) is -58.7. The summed E-state index contributed by atoms with van der Waals surface area (Å²) in [5, 5.41) is 4.81. The maximum absolute atomic E-state index is 14.9. The van der Waals surface area contributed by atoms with Crippen LogP contribution in [0.4, 0.5) is 74.6 Å². The van der Waals surface area contributed by atoms with Gasteiger partial charge < -0.3 is 4.74 Å². The lowest BCUT2D eigenvalue weighted by Gasteiger charge is -2.43. The van der Waals surface area contributed by atoms with Crippen molar-refractivity contribution in [3.05, 3.63) is 70.8 Å². The lowest BCUT2D eigenvalue weighted by molar-refractivity contribution is -0.463. The molecular weight excluding hydrogens is 695 g/mol. The molecule has 2 aromatic carbocycles. The molecule has 0 bridgehead atoms. The Hall–Kier alpha value is -3.68. The van der Waals surface area contributed by atoms with Gasteiger partial charge in [-0.25, -0.2) is 4.79 Å². The first kappa shape index (κ1) is 36.2. The predicted octanol–water partition coefficient (Wildman–Crippen LogP) is 9.03. The molecule has 1 heterocycles. The van der Waals surface area contributed by atoms with E-state index in [9.17, 15) is 79.4 Å². The number of hydrogen-bond donors (Lipinski definition) is 0. The van der Waals surface area contributed by atoms with Gasteiger partial charge in [0.25, 0.3) is 5.66 Å². The number of fused-ring (bicyclic) bond motifs is 1. The van der Waals surface area contributed by atoms with E-state index in [1.54, 1.807) is 18.2 Å². The number of esters is 1. The van der Waals surface area contributed by atoms with Gasteiger partial charge >= 0.3 is 53.6 Å². The number of carbonyl (C=O) groups excluding carboxylic acids is 1. The fourth-order valence-electron chi connectivity index (χ4n) is 4.68. The van der Waals surface area contributed by atoms with Gasteiger partial charge in [-0.15, -0.1) is 10.2 Å². The zero-order chi connectivity index (χ0) is 35.9. The molecule has 0 saturated carbocycles. The first-order valence-corrected chi connectivity index (χ1v) is 12.7. The SMILES string of the molecule is O=C(OC1CCc2ccccc2C1)c1ccc(C2(C(F)(F)C(F)(F)C(F)(F)C(F)(F)C(F)(F)C(F)(F)C(F)(F)C(F)(F)F)N=N2)cc1. The molecule has 2 aromatic rings. The van der Waals surface area contributed by atoms with Crippen molar-refractivity contribution >= 4 is 5.97 Å². The molecule has 21 heteroatoms.